The summed E-state index contributed by atoms with van der Waals surface area (Å²) >= 11 is 0. The highest BCUT2D eigenvalue weighted by Crippen LogP contribution is 2.48. The second-order valence-electron chi connectivity index (χ2n) is 7.10. The SMILES string of the molecule is NC(Cc1cccc(CP(=O)(O)Cc2cccc(CC(N)C(=O)O)c2)c1)C(=O)O. The maximum Gasteiger partial charge on any atom is 0.320 e. The van der Waals surface area contributed by atoms with Crippen molar-refractivity contribution in [3.63, 3.8) is 0 Å². The highest BCUT2D eigenvalue weighted by molar-refractivity contribution is 7.56. The summed E-state index contributed by atoms with van der Waals surface area (Å²) in [7, 11) is -3.58. The van der Waals surface area contributed by atoms with E-state index in [1.165, 1.54) is 0 Å². The molecular weight excluding hydrogens is 395 g/mol. The van der Waals surface area contributed by atoms with E-state index in [0.29, 0.717) is 22.3 Å². The van der Waals surface area contributed by atoms with Crippen molar-refractivity contribution in [1.82, 2.24) is 0 Å². The normalized spacial score (nSPS) is 15.3. The summed E-state index contributed by atoms with van der Waals surface area (Å²) in [5.74, 6) is -2.21. The molecule has 0 fully saturated rings. The summed E-state index contributed by atoms with van der Waals surface area (Å²) in [5.41, 5.74) is 13.7. The molecule has 2 rings (SSSR count). The molecule has 0 radical (unpaired) electrons. The Morgan fingerprint density at radius 2 is 1.14 bits per heavy atom. The zero-order valence-electron chi connectivity index (χ0n) is 15.8. The first kappa shape index (κ1) is 22.8. The molecule has 0 bridgehead atoms. The van der Waals surface area contributed by atoms with Crippen LogP contribution in [0.15, 0.2) is 48.5 Å². The number of hydrogen-bond acceptors (Lipinski definition) is 5. The average Bonchev–Trinajstić information content (AvgIpc) is 2.61. The Morgan fingerprint density at radius 3 is 1.48 bits per heavy atom. The van der Waals surface area contributed by atoms with E-state index in [0.717, 1.165) is 0 Å². The zero-order valence-corrected chi connectivity index (χ0v) is 16.7. The number of carboxylic acids is 2. The van der Waals surface area contributed by atoms with Crippen LogP contribution in [0.2, 0.25) is 0 Å². The second kappa shape index (κ2) is 9.80. The lowest BCUT2D eigenvalue weighted by Gasteiger charge is -2.14. The summed E-state index contributed by atoms with van der Waals surface area (Å²) in [5, 5.41) is 17.8. The molecule has 2 aromatic rings. The first-order chi connectivity index (χ1) is 13.6. The fraction of sp³-hybridized carbons (Fsp3) is 0.300. The smallest absolute Gasteiger partial charge is 0.320 e. The number of hydrogen-bond donors (Lipinski definition) is 5. The van der Waals surface area contributed by atoms with E-state index in [1.54, 1.807) is 48.5 Å². The standard InChI is InChI=1S/C20H25N2O6P/c21-17(19(23)24)9-13-3-1-5-15(7-13)11-29(27,28)12-16-6-2-4-14(8-16)10-18(22)20(25)26/h1-8,17-18H,9-12,21-22H2,(H,23,24)(H,25,26)(H,27,28). The molecule has 0 aromatic heterocycles. The Morgan fingerprint density at radius 1 is 0.793 bits per heavy atom. The number of carboxylic acid groups (broad SMARTS) is 2. The van der Waals surface area contributed by atoms with Crippen molar-refractivity contribution in [3.8, 4) is 0 Å². The molecular formula is C20H25N2O6P. The molecule has 2 aromatic carbocycles. The first-order valence-electron chi connectivity index (χ1n) is 8.99. The third-order valence-electron chi connectivity index (χ3n) is 4.39. The first-order valence-corrected chi connectivity index (χ1v) is 11.0. The monoisotopic (exact) mass is 420 g/mol. The fourth-order valence-electron chi connectivity index (χ4n) is 3.02. The van der Waals surface area contributed by atoms with Crippen molar-refractivity contribution < 1.29 is 29.3 Å². The quantitative estimate of drug-likeness (QED) is 0.361. The van der Waals surface area contributed by atoms with Crippen molar-refractivity contribution in [2.75, 3.05) is 0 Å². The van der Waals surface area contributed by atoms with E-state index < -0.39 is 31.4 Å². The van der Waals surface area contributed by atoms with Gasteiger partial charge in [-0.25, -0.2) is 0 Å². The number of rotatable bonds is 10. The van der Waals surface area contributed by atoms with Crippen LogP contribution in [0.5, 0.6) is 0 Å². The molecule has 8 nitrogen and oxygen atoms in total. The Balaban J connectivity index is 2.08. The molecule has 9 heteroatoms. The largest absolute Gasteiger partial charge is 0.480 e. The lowest BCUT2D eigenvalue weighted by atomic mass is 10.0. The van der Waals surface area contributed by atoms with E-state index in [2.05, 4.69) is 0 Å². The predicted octanol–water partition coefficient (Wildman–Crippen LogP) is 1.57. The highest BCUT2D eigenvalue weighted by Gasteiger charge is 2.21. The van der Waals surface area contributed by atoms with Gasteiger partial charge < -0.3 is 26.6 Å². The van der Waals surface area contributed by atoms with Gasteiger partial charge in [0.2, 0.25) is 7.37 Å². The van der Waals surface area contributed by atoms with Gasteiger partial charge in [0.05, 0.1) is 0 Å². The van der Waals surface area contributed by atoms with E-state index in [-0.39, 0.29) is 25.2 Å². The van der Waals surface area contributed by atoms with Gasteiger partial charge in [0.25, 0.3) is 0 Å². The molecule has 29 heavy (non-hydrogen) atoms. The van der Waals surface area contributed by atoms with Crippen molar-refractivity contribution in [3.05, 3.63) is 70.8 Å². The van der Waals surface area contributed by atoms with Gasteiger partial charge in [-0.2, -0.15) is 0 Å². The minimum Gasteiger partial charge on any atom is -0.480 e. The average molecular weight is 420 g/mol. The van der Waals surface area contributed by atoms with E-state index in [4.69, 9.17) is 21.7 Å². The lowest BCUT2D eigenvalue weighted by Crippen LogP contribution is -2.32. The molecule has 156 valence electrons. The number of aliphatic carboxylic acids is 2. The number of carbonyl (C=O) groups is 2. The topological polar surface area (TPSA) is 164 Å². The third kappa shape index (κ3) is 7.44. The lowest BCUT2D eigenvalue weighted by molar-refractivity contribution is -0.139. The van der Waals surface area contributed by atoms with Crippen molar-refractivity contribution in [1.29, 1.82) is 0 Å². The fourth-order valence-corrected chi connectivity index (χ4v) is 4.67. The predicted molar refractivity (Wildman–Crippen MR) is 109 cm³/mol. The van der Waals surface area contributed by atoms with Crippen LogP contribution in [0.3, 0.4) is 0 Å². The maximum absolute atomic E-state index is 12.8. The second-order valence-corrected chi connectivity index (χ2v) is 9.43. The van der Waals surface area contributed by atoms with Crippen LogP contribution in [-0.2, 0) is 39.3 Å². The van der Waals surface area contributed by atoms with Crippen LogP contribution in [0.1, 0.15) is 22.3 Å². The van der Waals surface area contributed by atoms with Crippen LogP contribution in [0.4, 0.5) is 0 Å². The molecule has 7 N–H and O–H groups in total. The van der Waals surface area contributed by atoms with Gasteiger partial charge in [0.1, 0.15) is 12.1 Å². The molecule has 0 aliphatic heterocycles. The molecule has 2 atom stereocenters. The Kier molecular flexibility index (Phi) is 7.70. The van der Waals surface area contributed by atoms with Gasteiger partial charge in [-0.1, -0.05) is 48.5 Å². The molecule has 0 aliphatic carbocycles. The van der Waals surface area contributed by atoms with Gasteiger partial charge >= 0.3 is 11.9 Å². The summed E-state index contributed by atoms with van der Waals surface area (Å²) < 4.78 is 12.8. The van der Waals surface area contributed by atoms with Gasteiger partial charge in [0, 0.05) is 12.3 Å². The van der Waals surface area contributed by atoms with E-state index >= 15 is 0 Å². The molecule has 0 spiro atoms. The molecule has 0 heterocycles. The molecule has 2 unspecified atom stereocenters. The van der Waals surface area contributed by atoms with Crippen LogP contribution in [-0.4, -0.2) is 39.1 Å². The van der Waals surface area contributed by atoms with Gasteiger partial charge in [0.15, 0.2) is 0 Å². The number of benzene rings is 2. The molecule has 0 saturated carbocycles. The summed E-state index contributed by atoms with van der Waals surface area (Å²) in [6, 6.07) is 11.6. The van der Waals surface area contributed by atoms with Gasteiger partial charge in [-0.05, 0) is 35.1 Å². The van der Waals surface area contributed by atoms with Crippen LogP contribution < -0.4 is 11.5 Å². The Labute approximate surface area is 168 Å². The van der Waals surface area contributed by atoms with Crippen molar-refractivity contribution in [2.45, 2.75) is 37.2 Å². The summed E-state index contributed by atoms with van der Waals surface area (Å²) in [6.45, 7) is 0. The molecule has 0 aliphatic rings. The maximum atomic E-state index is 12.8. The summed E-state index contributed by atoms with van der Waals surface area (Å²) in [6.07, 6.45) is 0.125. The van der Waals surface area contributed by atoms with Crippen molar-refractivity contribution in [2.24, 2.45) is 11.5 Å². The molecule has 0 amide bonds. The van der Waals surface area contributed by atoms with Crippen LogP contribution >= 0.6 is 7.37 Å². The van der Waals surface area contributed by atoms with Crippen LogP contribution in [0.25, 0.3) is 0 Å². The van der Waals surface area contributed by atoms with Crippen LogP contribution in [0, 0.1) is 0 Å². The highest BCUT2D eigenvalue weighted by atomic mass is 31.2. The zero-order chi connectivity index (χ0) is 21.6. The van der Waals surface area contributed by atoms with Crippen molar-refractivity contribution >= 4 is 19.3 Å². The molecule has 0 saturated heterocycles. The van der Waals surface area contributed by atoms with Gasteiger partial charge in [-0.15, -0.1) is 0 Å². The van der Waals surface area contributed by atoms with E-state index in [9.17, 15) is 19.0 Å². The Bertz CT molecular complexity index is 861. The minimum atomic E-state index is -3.58. The van der Waals surface area contributed by atoms with E-state index in [1.807, 2.05) is 0 Å². The van der Waals surface area contributed by atoms with Gasteiger partial charge in [-0.3, -0.25) is 14.2 Å². The Hall–Kier alpha value is -2.51. The minimum absolute atomic E-state index is 0.0674. The summed E-state index contributed by atoms with van der Waals surface area (Å²) in [4.78, 5) is 32.3. The third-order valence-corrected chi connectivity index (χ3v) is 6.11. The number of nitrogens with two attached hydrogens (primary N) is 2.